The molecule has 1 aliphatic heterocycles. The van der Waals surface area contributed by atoms with Gasteiger partial charge in [0.15, 0.2) is 0 Å². The van der Waals surface area contributed by atoms with Gasteiger partial charge in [-0.15, -0.1) is 0 Å². The predicted molar refractivity (Wildman–Crippen MR) is 160 cm³/mol. The van der Waals surface area contributed by atoms with Crippen LogP contribution in [0.1, 0.15) is 44.9 Å². The lowest BCUT2D eigenvalue weighted by atomic mass is 9.92. The number of aryl methyl sites for hydroxylation is 1. The molecule has 2 N–H and O–H groups in total. The Balaban J connectivity index is 1.34. The van der Waals surface area contributed by atoms with Crippen LogP contribution in [0, 0.1) is 12.8 Å². The van der Waals surface area contributed by atoms with Crippen LogP contribution < -0.4 is 15.4 Å². The first kappa shape index (κ1) is 27.1. The van der Waals surface area contributed by atoms with Crippen LogP contribution in [0.15, 0.2) is 66.7 Å². The van der Waals surface area contributed by atoms with E-state index in [0.29, 0.717) is 24.0 Å². The number of benzene rings is 3. The average Bonchev–Trinajstić information content (AvgIpc) is 3.51. The summed E-state index contributed by atoms with van der Waals surface area (Å²) >= 11 is -0.671. The van der Waals surface area contributed by atoms with Gasteiger partial charge in [0, 0.05) is 28.2 Å². The predicted octanol–water partition coefficient (Wildman–Crippen LogP) is 6.81. The first-order valence-corrected chi connectivity index (χ1v) is 14.9. The summed E-state index contributed by atoms with van der Waals surface area (Å²) in [5.41, 5.74) is 3.38. The first-order valence-electron chi connectivity index (χ1n) is 13.4. The van der Waals surface area contributed by atoms with Crippen molar-refractivity contribution in [1.82, 2.24) is 9.78 Å². The Kier molecular flexibility index (Phi) is 7.86. The molecule has 2 unspecified atom stereocenters. The van der Waals surface area contributed by atoms with Crippen molar-refractivity contribution in [2.45, 2.75) is 46.0 Å². The van der Waals surface area contributed by atoms with E-state index in [9.17, 15) is 9.35 Å². The number of carbonyl (C=O) groups is 1. The molecule has 204 valence electrons. The smallest absolute Gasteiger partial charge is 0.324 e. The third kappa shape index (κ3) is 6.23. The molecule has 2 amide bonds. The average molecular weight is 545 g/mol. The Morgan fingerprint density at radius 3 is 2.54 bits per heavy atom. The molecular weight excluding hydrogens is 508 g/mol. The van der Waals surface area contributed by atoms with Crippen molar-refractivity contribution in [3.63, 3.8) is 0 Å². The number of nitrogens with one attached hydrogen (secondary N) is 2. The number of hydrogen-bond donors (Lipinski definition) is 2. The van der Waals surface area contributed by atoms with E-state index in [0.717, 1.165) is 57.8 Å². The van der Waals surface area contributed by atoms with Crippen molar-refractivity contribution < 1.29 is 14.1 Å². The van der Waals surface area contributed by atoms with Crippen LogP contribution in [0.2, 0.25) is 0 Å². The number of fused-ring (bicyclic) bond motifs is 1. The molecule has 0 spiro atoms. The van der Waals surface area contributed by atoms with E-state index in [1.54, 1.807) is 4.68 Å². The van der Waals surface area contributed by atoms with Crippen molar-refractivity contribution in [2.24, 2.45) is 5.92 Å². The molecule has 1 fully saturated rings. The minimum atomic E-state index is -0.671. The molecule has 39 heavy (non-hydrogen) atoms. The maximum absolute atomic E-state index is 13.3. The minimum Gasteiger partial charge on any atom is -0.616 e. The Morgan fingerprint density at radius 1 is 1.08 bits per heavy atom. The Bertz CT molecular complexity index is 1480. The molecule has 4 aromatic rings. The number of anilines is 2. The molecule has 5 rings (SSSR count). The molecule has 2 atom stereocenters. The summed E-state index contributed by atoms with van der Waals surface area (Å²) < 4.78 is 19.6. The molecule has 1 aliphatic rings. The minimum absolute atomic E-state index is 0.179. The first-order chi connectivity index (χ1) is 18.7. The van der Waals surface area contributed by atoms with E-state index in [4.69, 9.17) is 9.84 Å². The van der Waals surface area contributed by atoms with Gasteiger partial charge in [-0.2, -0.15) is 5.10 Å². The van der Waals surface area contributed by atoms with Crippen LogP contribution in [-0.2, 0) is 16.6 Å². The summed E-state index contributed by atoms with van der Waals surface area (Å²) in [6.45, 7) is 8.92. The van der Waals surface area contributed by atoms with Crippen LogP contribution in [-0.4, -0.2) is 38.5 Å². The molecule has 0 aliphatic carbocycles. The topological polar surface area (TPSA) is 91.2 Å². The standard InChI is InChI=1S/C31H36N4O3S/c1-21-9-5-8-12-26(21)35-29(19-28(34-35)31(2,3)4)33-30(36)32-25-13-14-27(24-11-7-6-10-23(24)25)38-17-15-22-16-18-39(37)20-22/h5-14,19,22H,15-18,20H2,1-4H3,(H2,32,33,36). The number of carbonyl (C=O) groups excluding carboxylic acids is 1. The van der Waals surface area contributed by atoms with Crippen LogP contribution in [0.3, 0.4) is 0 Å². The number of rotatable bonds is 7. The molecule has 2 heterocycles. The fourth-order valence-electron chi connectivity index (χ4n) is 4.89. The second-order valence-corrected chi connectivity index (χ2v) is 12.8. The summed E-state index contributed by atoms with van der Waals surface area (Å²) in [4.78, 5) is 13.3. The number of nitrogens with zero attached hydrogens (tertiary/aromatic N) is 2. The van der Waals surface area contributed by atoms with Gasteiger partial charge < -0.3 is 14.6 Å². The maximum Gasteiger partial charge on any atom is 0.324 e. The zero-order valence-electron chi connectivity index (χ0n) is 23.0. The Labute approximate surface area is 233 Å². The van der Waals surface area contributed by atoms with Crippen molar-refractivity contribution in [1.29, 1.82) is 0 Å². The van der Waals surface area contributed by atoms with E-state index in [1.807, 2.05) is 73.7 Å². The van der Waals surface area contributed by atoms with Gasteiger partial charge in [-0.3, -0.25) is 5.32 Å². The van der Waals surface area contributed by atoms with E-state index < -0.39 is 11.2 Å². The quantitative estimate of drug-likeness (QED) is 0.250. The maximum atomic E-state index is 13.3. The van der Waals surface area contributed by atoms with Crippen molar-refractivity contribution in [2.75, 3.05) is 28.7 Å². The molecule has 0 bridgehead atoms. The zero-order chi connectivity index (χ0) is 27.6. The van der Waals surface area contributed by atoms with Crippen LogP contribution in [0.4, 0.5) is 16.3 Å². The number of amides is 2. The van der Waals surface area contributed by atoms with E-state index in [-0.39, 0.29) is 11.4 Å². The second-order valence-electron chi connectivity index (χ2n) is 11.2. The van der Waals surface area contributed by atoms with Gasteiger partial charge in [0.25, 0.3) is 0 Å². The Morgan fingerprint density at radius 2 is 1.82 bits per heavy atom. The highest BCUT2D eigenvalue weighted by Crippen LogP contribution is 2.33. The van der Waals surface area contributed by atoms with Gasteiger partial charge in [-0.05, 0) is 43.5 Å². The summed E-state index contributed by atoms with van der Waals surface area (Å²) in [6, 6.07) is 21.2. The van der Waals surface area contributed by atoms with Crippen molar-refractivity contribution in [3.05, 3.63) is 78.0 Å². The summed E-state index contributed by atoms with van der Waals surface area (Å²) in [7, 11) is 0. The molecule has 1 saturated heterocycles. The van der Waals surface area contributed by atoms with Crippen LogP contribution >= 0.6 is 0 Å². The van der Waals surface area contributed by atoms with Gasteiger partial charge in [0.2, 0.25) is 0 Å². The van der Waals surface area contributed by atoms with Crippen molar-refractivity contribution in [3.8, 4) is 11.4 Å². The van der Waals surface area contributed by atoms with Crippen LogP contribution in [0.5, 0.6) is 5.75 Å². The molecule has 8 heteroatoms. The van der Waals surface area contributed by atoms with Gasteiger partial charge in [-0.25, -0.2) is 9.48 Å². The van der Waals surface area contributed by atoms with E-state index in [1.165, 1.54) is 0 Å². The number of ether oxygens (including phenoxy) is 1. The number of hydrogen-bond acceptors (Lipinski definition) is 4. The molecule has 3 aromatic carbocycles. The SMILES string of the molecule is Cc1ccccc1-n1nc(C(C)(C)C)cc1NC(=O)Nc1ccc(OCCC2CC[S+]([O-])C2)c2ccccc12. The molecule has 1 aromatic heterocycles. The number of urea groups is 1. The summed E-state index contributed by atoms with van der Waals surface area (Å²) in [6.07, 6.45) is 1.91. The van der Waals surface area contributed by atoms with Gasteiger partial charge >= 0.3 is 6.03 Å². The monoisotopic (exact) mass is 544 g/mol. The van der Waals surface area contributed by atoms with Crippen molar-refractivity contribution >= 4 is 39.5 Å². The molecular formula is C31H36N4O3S. The molecule has 0 radical (unpaired) electrons. The molecule has 7 nitrogen and oxygen atoms in total. The number of aromatic nitrogens is 2. The highest BCUT2D eigenvalue weighted by atomic mass is 32.2. The zero-order valence-corrected chi connectivity index (χ0v) is 23.8. The highest BCUT2D eigenvalue weighted by molar-refractivity contribution is 7.91. The lowest BCUT2D eigenvalue weighted by molar-refractivity contribution is 0.262. The highest BCUT2D eigenvalue weighted by Gasteiger charge is 2.26. The second kappa shape index (κ2) is 11.3. The fourth-order valence-corrected chi connectivity index (χ4v) is 6.51. The van der Waals surface area contributed by atoms with Gasteiger partial charge in [0.1, 0.15) is 23.1 Å². The third-order valence-corrected chi connectivity index (χ3v) is 8.69. The fraction of sp³-hybridized carbons (Fsp3) is 0.355. The normalized spacial score (nSPS) is 17.4. The van der Waals surface area contributed by atoms with Gasteiger partial charge in [0.05, 0.1) is 23.7 Å². The lowest BCUT2D eigenvalue weighted by Gasteiger charge is -2.15. The largest absolute Gasteiger partial charge is 0.616 e. The third-order valence-electron chi connectivity index (χ3n) is 7.15. The number of para-hydroxylation sites is 1. The van der Waals surface area contributed by atoms with Crippen LogP contribution in [0.25, 0.3) is 16.5 Å². The van der Waals surface area contributed by atoms with E-state index >= 15 is 0 Å². The van der Waals surface area contributed by atoms with Gasteiger partial charge in [-0.1, -0.05) is 74.4 Å². The lowest BCUT2D eigenvalue weighted by Crippen LogP contribution is -2.21. The summed E-state index contributed by atoms with van der Waals surface area (Å²) in [5.74, 6) is 3.43. The van der Waals surface area contributed by atoms with E-state index in [2.05, 4.69) is 31.4 Å². The summed E-state index contributed by atoms with van der Waals surface area (Å²) in [5, 5.41) is 12.7. The Hall–Kier alpha value is -3.49. The molecule has 0 saturated carbocycles.